The molecule has 3 aromatic rings. The van der Waals surface area contributed by atoms with Gasteiger partial charge in [0.2, 0.25) is 0 Å². The van der Waals surface area contributed by atoms with Crippen LogP contribution in [0.1, 0.15) is 16.7 Å². The Kier molecular flexibility index (Phi) is 4.95. The highest BCUT2D eigenvalue weighted by atomic mass is 16.5. The maximum Gasteiger partial charge on any atom is 0.120 e. The van der Waals surface area contributed by atoms with Gasteiger partial charge in [-0.05, 0) is 54.9 Å². The molecule has 0 aliphatic rings. The number of ether oxygens (including phenoxy) is 1. The van der Waals surface area contributed by atoms with Gasteiger partial charge in [-0.25, -0.2) is 0 Å². The molecule has 0 aliphatic heterocycles. The average molecular weight is 310 g/mol. The van der Waals surface area contributed by atoms with Gasteiger partial charge in [0.25, 0.3) is 0 Å². The van der Waals surface area contributed by atoms with Crippen molar-refractivity contribution in [1.82, 2.24) is 10.3 Å². The summed E-state index contributed by atoms with van der Waals surface area (Å²) < 4.78 is 5.91. The van der Waals surface area contributed by atoms with Crippen LogP contribution in [0.2, 0.25) is 0 Å². The minimum absolute atomic E-state index is 0.0701. The number of fused-ring (bicyclic) bond motifs is 1. The molecule has 0 amide bonds. The molecule has 0 saturated carbocycles. The van der Waals surface area contributed by atoms with Gasteiger partial charge < -0.3 is 20.1 Å². The molecule has 0 fully saturated rings. The van der Waals surface area contributed by atoms with E-state index in [2.05, 4.69) is 28.6 Å². The van der Waals surface area contributed by atoms with E-state index in [1.54, 1.807) is 0 Å². The predicted molar refractivity (Wildman–Crippen MR) is 92.6 cm³/mol. The number of hydrogen-bond donors (Lipinski definition) is 3. The van der Waals surface area contributed by atoms with E-state index < -0.39 is 0 Å². The third kappa shape index (κ3) is 3.73. The molecule has 0 spiro atoms. The number of H-pyrrole nitrogens is 1. The van der Waals surface area contributed by atoms with Crippen molar-refractivity contribution in [2.24, 2.45) is 0 Å². The molecule has 4 nitrogen and oxygen atoms in total. The van der Waals surface area contributed by atoms with Gasteiger partial charge in [0.1, 0.15) is 12.4 Å². The van der Waals surface area contributed by atoms with Gasteiger partial charge in [0.15, 0.2) is 0 Å². The Labute approximate surface area is 136 Å². The molecule has 1 heterocycles. The van der Waals surface area contributed by atoms with Crippen LogP contribution in [0, 0.1) is 0 Å². The van der Waals surface area contributed by atoms with E-state index in [0.29, 0.717) is 6.61 Å². The molecular formula is C19H22N2O2. The first-order valence-corrected chi connectivity index (χ1v) is 7.86. The first-order valence-electron chi connectivity index (χ1n) is 7.86. The first-order chi connectivity index (χ1) is 11.3. The lowest BCUT2D eigenvalue weighted by Crippen LogP contribution is -2.09. The van der Waals surface area contributed by atoms with Crippen molar-refractivity contribution < 1.29 is 9.84 Å². The van der Waals surface area contributed by atoms with Gasteiger partial charge in [0.05, 0.1) is 6.61 Å². The highest BCUT2D eigenvalue weighted by molar-refractivity contribution is 5.84. The number of likely N-dealkylation sites (N-methyl/N-ethyl adjacent to an activating group) is 1. The summed E-state index contributed by atoms with van der Waals surface area (Å²) in [7, 11) is 1.96. The SMILES string of the molecule is CNCCc1c[nH]c2ccc(OCc3ccc(CO)cc3)cc12. The molecule has 0 saturated heterocycles. The van der Waals surface area contributed by atoms with Crippen molar-refractivity contribution in [3.8, 4) is 5.75 Å². The van der Waals surface area contributed by atoms with Crippen LogP contribution < -0.4 is 10.1 Å². The fourth-order valence-electron chi connectivity index (χ4n) is 2.62. The van der Waals surface area contributed by atoms with Gasteiger partial charge in [-0.3, -0.25) is 0 Å². The van der Waals surface area contributed by atoms with Crippen LogP contribution in [0.25, 0.3) is 10.9 Å². The minimum atomic E-state index is 0.0701. The predicted octanol–water partition coefficient (Wildman–Crippen LogP) is 3.00. The van der Waals surface area contributed by atoms with Gasteiger partial charge >= 0.3 is 0 Å². The molecule has 23 heavy (non-hydrogen) atoms. The van der Waals surface area contributed by atoms with E-state index in [0.717, 1.165) is 35.4 Å². The number of nitrogens with one attached hydrogen (secondary N) is 2. The summed E-state index contributed by atoms with van der Waals surface area (Å²) in [5.41, 5.74) is 4.44. The lowest BCUT2D eigenvalue weighted by atomic mass is 10.1. The number of benzene rings is 2. The van der Waals surface area contributed by atoms with Crippen LogP contribution in [0.3, 0.4) is 0 Å². The first kappa shape index (κ1) is 15.6. The highest BCUT2D eigenvalue weighted by Gasteiger charge is 2.05. The molecule has 120 valence electrons. The Morgan fingerprint density at radius 3 is 2.61 bits per heavy atom. The zero-order chi connectivity index (χ0) is 16.1. The van der Waals surface area contributed by atoms with Crippen molar-refractivity contribution in [1.29, 1.82) is 0 Å². The number of hydrogen-bond acceptors (Lipinski definition) is 3. The van der Waals surface area contributed by atoms with Gasteiger partial charge in [-0.2, -0.15) is 0 Å². The second-order valence-corrected chi connectivity index (χ2v) is 5.64. The summed E-state index contributed by atoms with van der Waals surface area (Å²) in [4.78, 5) is 3.30. The number of aliphatic hydroxyl groups is 1. The largest absolute Gasteiger partial charge is 0.489 e. The maximum atomic E-state index is 9.07. The molecule has 3 N–H and O–H groups in total. The fourth-order valence-corrected chi connectivity index (χ4v) is 2.62. The molecule has 0 unspecified atom stereocenters. The lowest BCUT2D eigenvalue weighted by molar-refractivity contribution is 0.281. The lowest BCUT2D eigenvalue weighted by Gasteiger charge is -2.08. The molecule has 0 atom stereocenters. The maximum absolute atomic E-state index is 9.07. The monoisotopic (exact) mass is 310 g/mol. The van der Waals surface area contributed by atoms with Crippen molar-refractivity contribution in [3.05, 3.63) is 65.4 Å². The van der Waals surface area contributed by atoms with Crippen molar-refractivity contribution >= 4 is 10.9 Å². The quantitative estimate of drug-likeness (QED) is 0.629. The summed E-state index contributed by atoms with van der Waals surface area (Å²) in [5.74, 6) is 0.869. The van der Waals surface area contributed by atoms with Crippen LogP contribution in [0.15, 0.2) is 48.7 Å². The fraction of sp³-hybridized carbons (Fsp3) is 0.263. The number of aromatic nitrogens is 1. The summed E-state index contributed by atoms with van der Waals surface area (Å²) in [6, 6.07) is 14.0. The summed E-state index contributed by atoms with van der Waals surface area (Å²) >= 11 is 0. The molecule has 0 radical (unpaired) electrons. The van der Waals surface area contributed by atoms with Crippen molar-refractivity contribution in [3.63, 3.8) is 0 Å². The van der Waals surface area contributed by atoms with Crippen LogP contribution in [-0.2, 0) is 19.6 Å². The number of aliphatic hydroxyl groups excluding tert-OH is 1. The second kappa shape index (κ2) is 7.31. The molecule has 3 rings (SSSR count). The standard InChI is InChI=1S/C19H22N2O2/c1-20-9-8-16-11-21-19-7-6-17(10-18(16)19)23-13-15-4-2-14(12-22)3-5-15/h2-7,10-11,20-22H,8-9,12-13H2,1H3. The molecule has 1 aromatic heterocycles. The molecule has 2 aromatic carbocycles. The van der Waals surface area contributed by atoms with Gasteiger partial charge in [-0.15, -0.1) is 0 Å². The molecule has 0 aliphatic carbocycles. The summed E-state index contributed by atoms with van der Waals surface area (Å²) in [6.45, 7) is 1.55. The topological polar surface area (TPSA) is 57.3 Å². The van der Waals surface area contributed by atoms with Crippen LogP contribution in [-0.4, -0.2) is 23.7 Å². The van der Waals surface area contributed by atoms with Gasteiger partial charge in [0, 0.05) is 17.1 Å². The highest BCUT2D eigenvalue weighted by Crippen LogP contribution is 2.24. The smallest absolute Gasteiger partial charge is 0.120 e. The minimum Gasteiger partial charge on any atom is -0.489 e. The average Bonchev–Trinajstić information content (AvgIpc) is 3.01. The van der Waals surface area contributed by atoms with E-state index in [4.69, 9.17) is 9.84 Å². The molecule has 0 bridgehead atoms. The Bertz CT molecular complexity index is 763. The zero-order valence-corrected chi connectivity index (χ0v) is 13.3. The third-order valence-corrected chi connectivity index (χ3v) is 3.99. The van der Waals surface area contributed by atoms with Crippen LogP contribution in [0.4, 0.5) is 0 Å². The van der Waals surface area contributed by atoms with E-state index in [1.165, 1.54) is 10.9 Å². The van der Waals surface area contributed by atoms with Crippen molar-refractivity contribution in [2.75, 3.05) is 13.6 Å². The number of rotatable bonds is 7. The summed E-state index contributed by atoms with van der Waals surface area (Å²) in [5, 5.41) is 13.5. The Balaban J connectivity index is 1.71. The van der Waals surface area contributed by atoms with Crippen LogP contribution >= 0.6 is 0 Å². The van der Waals surface area contributed by atoms with E-state index in [1.807, 2.05) is 37.4 Å². The van der Waals surface area contributed by atoms with E-state index in [-0.39, 0.29) is 6.61 Å². The normalized spacial score (nSPS) is 11.0. The Morgan fingerprint density at radius 2 is 1.87 bits per heavy atom. The zero-order valence-electron chi connectivity index (χ0n) is 13.3. The second-order valence-electron chi connectivity index (χ2n) is 5.64. The number of aromatic amines is 1. The molecule has 4 heteroatoms. The van der Waals surface area contributed by atoms with Gasteiger partial charge in [-0.1, -0.05) is 24.3 Å². The van der Waals surface area contributed by atoms with Crippen LogP contribution in [0.5, 0.6) is 5.75 Å². The van der Waals surface area contributed by atoms with Crippen molar-refractivity contribution in [2.45, 2.75) is 19.6 Å². The third-order valence-electron chi connectivity index (χ3n) is 3.99. The van der Waals surface area contributed by atoms with E-state index in [9.17, 15) is 0 Å². The Hall–Kier alpha value is -2.30. The Morgan fingerprint density at radius 1 is 1.09 bits per heavy atom. The summed E-state index contributed by atoms with van der Waals surface area (Å²) in [6.07, 6.45) is 3.06. The molecular weight excluding hydrogens is 288 g/mol. The van der Waals surface area contributed by atoms with E-state index >= 15 is 0 Å².